The first-order valence-electron chi connectivity index (χ1n) is 9.03. The lowest BCUT2D eigenvalue weighted by atomic mass is 10.0. The van der Waals surface area contributed by atoms with Crippen molar-refractivity contribution in [3.8, 4) is 11.4 Å². The molecule has 8 heteroatoms. The van der Waals surface area contributed by atoms with Crippen LogP contribution < -0.4 is 5.32 Å². The van der Waals surface area contributed by atoms with E-state index < -0.39 is 0 Å². The van der Waals surface area contributed by atoms with Crippen LogP contribution >= 0.6 is 23.2 Å². The largest absolute Gasteiger partial charge is 0.337 e. The number of aromatic nitrogens is 2. The van der Waals surface area contributed by atoms with Crippen molar-refractivity contribution in [2.75, 3.05) is 11.9 Å². The first-order valence-corrected chi connectivity index (χ1v) is 9.78. The van der Waals surface area contributed by atoms with Crippen molar-refractivity contribution < 1.29 is 9.32 Å². The number of piperidine rings is 1. The molecular formula is C20H18Cl2N4O2. The van der Waals surface area contributed by atoms with Crippen LogP contribution in [0.5, 0.6) is 0 Å². The maximum Gasteiger partial charge on any atom is 0.322 e. The van der Waals surface area contributed by atoms with Crippen LogP contribution in [0.4, 0.5) is 10.5 Å². The highest BCUT2D eigenvalue weighted by atomic mass is 35.5. The minimum Gasteiger partial charge on any atom is -0.337 e. The first kappa shape index (κ1) is 18.8. The topological polar surface area (TPSA) is 71.3 Å². The van der Waals surface area contributed by atoms with Crippen molar-refractivity contribution in [2.45, 2.75) is 25.3 Å². The van der Waals surface area contributed by atoms with Crippen molar-refractivity contribution in [2.24, 2.45) is 0 Å². The molecule has 6 nitrogen and oxygen atoms in total. The highest BCUT2D eigenvalue weighted by Crippen LogP contribution is 2.32. The predicted molar refractivity (Wildman–Crippen MR) is 109 cm³/mol. The predicted octanol–water partition coefficient (Wildman–Crippen LogP) is 5.80. The Balaban J connectivity index is 1.53. The van der Waals surface area contributed by atoms with E-state index in [-0.39, 0.29) is 12.1 Å². The molecule has 2 aromatic carbocycles. The van der Waals surface area contributed by atoms with Gasteiger partial charge >= 0.3 is 6.03 Å². The molecule has 1 aliphatic heterocycles. The molecule has 28 heavy (non-hydrogen) atoms. The summed E-state index contributed by atoms with van der Waals surface area (Å²) in [6.45, 7) is 0.628. The van der Waals surface area contributed by atoms with Gasteiger partial charge in [-0.1, -0.05) is 28.4 Å². The van der Waals surface area contributed by atoms with Gasteiger partial charge in [0.15, 0.2) is 0 Å². The molecule has 2 amide bonds. The van der Waals surface area contributed by atoms with Gasteiger partial charge in [0.2, 0.25) is 11.7 Å². The molecule has 4 rings (SSSR count). The van der Waals surface area contributed by atoms with Gasteiger partial charge in [0.05, 0.1) is 0 Å². The number of nitrogens with zero attached hydrogens (tertiary/aromatic N) is 3. The number of amides is 2. The van der Waals surface area contributed by atoms with Crippen LogP contribution in [0, 0.1) is 0 Å². The fraction of sp³-hybridized carbons (Fsp3) is 0.250. The number of benzene rings is 2. The second kappa shape index (κ2) is 8.20. The lowest BCUT2D eigenvalue weighted by Crippen LogP contribution is -2.41. The van der Waals surface area contributed by atoms with Gasteiger partial charge < -0.3 is 14.7 Å². The molecule has 0 saturated carbocycles. The van der Waals surface area contributed by atoms with Crippen LogP contribution in [0.3, 0.4) is 0 Å². The SMILES string of the molecule is O=C(Nc1ccc(Cl)cc1)N1CCCCC1c1nc(-c2ccc(Cl)cc2)no1. The number of carbonyl (C=O) groups excluding carboxylic acids is 1. The van der Waals surface area contributed by atoms with Gasteiger partial charge in [-0.25, -0.2) is 4.79 Å². The Morgan fingerprint density at radius 2 is 1.71 bits per heavy atom. The monoisotopic (exact) mass is 416 g/mol. The average molecular weight is 417 g/mol. The maximum absolute atomic E-state index is 12.8. The molecule has 1 saturated heterocycles. The summed E-state index contributed by atoms with van der Waals surface area (Å²) in [7, 11) is 0. The maximum atomic E-state index is 12.8. The van der Waals surface area contributed by atoms with Crippen LogP contribution in [0.1, 0.15) is 31.2 Å². The van der Waals surface area contributed by atoms with Crippen molar-refractivity contribution in [3.05, 3.63) is 64.5 Å². The Morgan fingerprint density at radius 3 is 2.43 bits per heavy atom. The molecule has 0 bridgehead atoms. The number of anilines is 1. The third kappa shape index (κ3) is 4.13. The highest BCUT2D eigenvalue weighted by molar-refractivity contribution is 6.30. The van der Waals surface area contributed by atoms with Gasteiger partial charge in [0.1, 0.15) is 6.04 Å². The summed E-state index contributed by atoms with van der Waals surface area (Å²) in [5.74, 6) is 0.922. The number of halogens is 2. The van der Waals surface area contributed by atoms with Gasteiger partial charge in [-0.05, 0) is 67.8 Å². The normalized spacial score (nSPS) is 16.8. The molecule has 3 aromatic rings. The zero-order valence-corrected chi connectivity index (χ0v) is 16.5. The molecular weight excluding hydrogens is 399 g/mol. The van der Waals surface area contributed by atoms with E-state index in [0.717, 1.165) is 24.8 Å². The molecule has 1 N–H and O–H groups in total. The standard InChI is InChI=1S/C20H18Cl2N4O2/c21-14-6-4-13(5-7-14)18-24-19(28-25-18)17-3-1-2-12-26(17)20(27)23-16-10-8-15(22)9-11-16/h4-11,17H,1-3,12H2,(H,23,27). The van der Waals surface area contributed by atoms with Gasteiger partial charge in [0.25, 0.3) is 0 Å². The van der Waals surface area contributed by atoms with E-state index in [0.29, 0.717) is 34.0 Å². The molecule has 2 heterocycles. The minimum absolute atomic E-state index is 0.196. The number of urea groups is 1. The molecule has 1 aromatic heterocycles. The number of nitrogens with one attached hydrogen (secondary N) is 1. The Labute approximate surface area is 172 Å². The Bertz CT molecular complexity index is 957. The molecule has 0 radical (unpaired) electrons. The fourth-order valence-electron chi connectivity index (χ4n) is 3.25. The van der Waals surface area contributed by atoms with E-state index in [1.165, 1.54) is 0 Å². The molecule has 1 aliphatic rings. The summed E-state index contributed by atoms with van der Waals surface area (Å²) in [4.78, 5) is 19.1. The molecule has 1 fully saturated rings. The highest BCUT2D eigenvalue weighted by Gasteiger charge is 2.32. The third-order valence-corrected chi connectivity index (χ3v) is 5.19. The van der Waals surface area contributed by atoms with Crippen molar-refractivity contribution in [1.29, 1.82) is 0 Å². The van der Waals surface area contributed by atoms with Crippen molar-refractivity contribution in [1.82, 2.24) is 15.0 Å². The van der Waals surface area contributed by atoms with Gasteiger partial charge in [-0.15, -0.1) is 0 Å². The Kier molecular flexibility index (Phi) is 5.50. The second-order valence-corrected chi connectivity index (χ2v) is 7.48. The van der Waals surface area contributed by atoms with Crippen LogP contribution in [-0.4, -0.2) is 27.6 Å². The van der Waals surface area contributed by atoms with E-state index >= 15 is 0 Å². The van der Waals surface area contributed by atoms with E-state index in [4.69, 9.17) is 27.7 Å². The van der Waals surface area contributed by atoms with E-state index in [1.54, 1.807) is 41.3 Å². The minimum atomic E-state index is -0.255. The molecule has 144 valence electrons. The van der Waals surface area contributed by atoms with Crippen molar-refractivity contribution >= 4 is 34.9 Å². The van der Waals surface area contributed by atoms with Crippen LogP contribution in [0.25, 0.3) is 11.4 Å². The lowest BCUT2D eigenvalue weighted by molar-refractivity contribution is 0.142. The summed E-state index contributed by atoms with van der Waals surface area (Å²) in [6.07, 6.45) is 2.70. The van der Waals surface area contributed by atoms with E-state index in [2.05, 4.69) is 15.5 Å². The average Bonchev–Trinajstić information content (AvgIpc) is 3.20. The zero-order chi connectivity index (χ0) is 19.5. The third-order valence-electron chi connectivity index (χ3n) is 4.69. The number of carbonyl (C=O) groups is 1. The van der Waals surface area contributed by atoms with Gasteiger partial charge in [-0.2, -0.15) is 4.98 Å². The number of hydrogen-bond donors (Lipinski definition) is 1. The van der Waals surface area contributed by atoms with E-state index in [1.807, 2.05) is 12.1 Å². The molecule has 1 unspecified atom stereocenters. The molecule has 0 aliphatic carbocycles. The first-order chi connectivity index (χ1) is 13.6. The smallest absolute Gasteiger partial charge is 0.322 e. The molecule has 0 spiro atoms. The summed E-state index contributed by atoms with van der Waals surface area (Å²) < 4.78 is 5.50. The van der Waals surface area contributed by atoms with Gasteiger partial charge in [0, 0.05) is 27.8 Å². The number of rotatable bonds is 3. The summed E-state index contributed by atoms with van der Waals surface area (Å²) in [6, 6.07) is 13.8. The summed E-state index contributed by atoms with van der Waals surface area (Å²) in [5, 5.41) is 8.25. The van der Waals surface area contributed by atoms with Crippen molar-refractivity contribution in [3.63, 3.8) is 0 Å². The zero-order valence-electron chi connectivity index (χ0n) is 14.9. The van der Waals surface area contributed by atoms with Crippen LogP contribution in [-0.2, 0) is 0 Å². The van der Waals surface area contributed by atoms with E-state index in [9.17, 15) is 4.79 Å². The Morgan fingerprint density at radius 1 is 1.04 bits per heavy atom. The van der Waals surface area contributed by atoms with Crippen LogP contribution in [0.2, 0.25) is 10.0 Å². The van der Waals surface area contributed by atoms with Gasteiger partial charge in [-0.3, -0.25) is 0 Å². The second-order valence-electron chi connectivity index (χ2n) is 6.61. The number of likely N-dealkylation sites (tertiary alicyclic amines) is 1. The number of hydrogen-bond acceptors (Lipinski definition) is 4. The lowest BCUT2D eigenvalue weighted by Gasteiger charge is -2.33. The van der Waals surface area contributed by atoms with Crippen LogP contribution in [0.15, 0.2) is 53.1 Å². The quantitative estimate of drug-likeness (QED) is 0.585. The molecule has 1 atom stereocenters. The Hall–Kier alpha value is -2.57. The summed E-state index contributed by atoms with van der Waals surface area (Å²) >= 11 is 11.8. The summed E-state index contributed by atoms with van der Waals surface area (Å²) in [5.41, 5.74) is 1.50. The fourth-order valence-corrected chi connectivity index (χ4v) is 3.50.